The molecule has 0 bridgehead atoms. The number of hydrogen-bond acceptors (Lipinski definition) is 2. The molecule has 0 saturated carbocycles. The largest absolute Gasteiger partial charge is 0.398 e. The Morgan fingerprint density at radius 2 is 1.17 bits per heavy atom. The summed E-state index contributed by atoms with van der Waals surface area (Å²) in [5.74, 6) is -0.0600. The second kappa shape index (κ2) is 7.76. The minimum Gasteiger partial charge on any atom is -0.398 e. The average Bonchev–Trinajstić information content (AvgIpc) is 2.74. The van der Waals surface area contributed by atoms with E-state index < -0.39 is 0 Å². The molecule has 2 N–H and O–H groups in total. The Kier molecular flexibility index (Phi) is 5.01. The van der Waals surface area contributed by atoms with Gasteiger partial charge in [-0.3, -0.25) is 4.79 Å². The molecule has 2 heteroatoms. The topological polar surface area (TPSA) is 43.1 Å². The number of anilines is 1. The molecule has 4 rings (SSSR count). The van der Waals surface area contributed by atoms with Crippen LogP contribution in [-0.2, 0) is 0 Å². The van der Waals surface area contributed by atoms with Crippen molar-refractivity contribution in [2.45, 2.75) is 13.8 Å². The van der Waals surface area contributed by atoms with Crippen molar-refractivity contribution in [2.75, 3.05) is 5.73 Å². The summed E-state index contributed by atoms with van der Waals surface area (Å²) >= 11 is 0. The molecule has 0 aliphatic heterocycles. The van der Waals surface area contributed by atoms with Crippen molar-refractivity contribution < 1.29 is 4.79 Å². The second-order valence-corrected chi connectivity index (χ2v) is 7.34. The van der Waals surface area contributed by atoms with Crippen LogP contribution in [0.25, 0.3) is 22.3 Å². The van der Waals surface area contributed by atoms with Gasteiger partial charge in [0.05, 0.1) is 0 Å². The van der Waals surface area contributed by atoms with Gasteiger partial charge in [0.15, 0.2) is 5.78 Å². The Balaban J connectivity index is 1.63. The van der Waals surface area contributed by atoms with Crippen molar-refractivity contribution in [1.82, 2.24) is 0 Å². The standard InChI is InChI=1S/C27H23NO/c1-18-7-3-5-9-23(18)20-11-13-21(14-12-20)27(29)25-16-15-22(17-26(25)28)24-10-6-4-8-19(24)2/h3-17H,28H2,1-2H3. The van der Waals surface area contributed by atoms with Crippen LogP contribution in [0, 0.1) is 13.8 Å². The maximum atomic E-state index is 13.0. The normalized spacial score (nSPS) is 10.7. The Morgan fingerprint density at radius 1 is 0.655 bits per heavy atom. The average molecular weight is 377 g/mol. The summed E-state index contributed by atoms with van der Waals surface area (Å²) in [5.41, 5.74) is 14.7. The first-order valence-electron chi connectivity index (χ1n) is 9.71. The van der Waals surface area contributed by atoms with Crippen molar-refractivity contribution in [3.63, 3.8) is 0 Å². The quantitative estimate of drug-likeness (QED) is 0.328. The van der Waals surface area contributed by atoms with Crippen molar-refractivity contribution in [2.24, 2.45) is 0 Å². The first kappa shape index (κ1) is 18.7. The number of ketones is 1. The van der Waals surface area contributed by atoms with Crippen LogP contribution in [0.4, 0.5) is 5.69 Å². The molecule has 0 fully saturated rings. The molecule has 0 aliphatic rings. The van der Waals surface area contributed by atoms with Gasteiger partial charge in [-0.15, -0.1) is 0 Å². The smallest absolute Gasteiger partial charge is 0.195 e. The van der Waals surface area contributed by atoms with Crippen LogP contribution in [-0.4, -0.2) is 5.78 Å². The van der Waals surface area contributed by atoms with E-state index in [4.69, 9.17) is 5.73 Å². The Bertz CT molecular complexity index is 1190. The van der Waals surface area contributed by atoms with Crippen LogP contribution in [0.15, 0.2) is 91.0 Å². The number of hydrogen-bond donors (Lipinski definition) is 1. The number of rotatable bonds is 4. The van der Waals surface area contributed by atoms with Gasteiger partial charge in [0, 0.05) is 16.8 Å². The predicted octanol–water partition coefficient (Wildman–Crippen LogP) is 6.45. The lowest BCUT2D eigenvalue weighted by Gasteiger charge is -2.11. The molecule has 0 saturated heterocycles. The van der Waals surface area contributed by atoms with Gasteiger partial charge in [0.25, 0.3) is 0 Å². The van der Waals surface area contributed by atoms with Crippen molar-refractivity contribution in [3.8, 4) is 22.3 Å². The monoisotopic (exact) mass is 377 g/mol. The van der Waals surface area contributed by atoms with Gasteiger partial charge in [-0.25, -0.2) is 0 Å². The molecule has 0 heterocycles. The van der Waals surface area contributed by atoms with Crippen molar-refractivity contribution in [3.05, 3.63) is 113 Å². The zero-order chi connectivity index (χ0) is 20.4. The van der Waals surface area contributed by atoms with Crippen molar-refractivity contribution in [1.29, 1.82) is 0 Å². The first-order chi connectivity index (χ1) is 14.0. The molecule has 0 atom stereocenters. The van der Waals surface area contributed by atoms with E-state index in [1.165, 1.54) is 16.7 Å². The Labute approximate surface area is 171 Å². The maximum Gasteiger partial charge on any atom is 0.195 e. The maximum absolute atomic E-state index is 13.0. The zero-order valence-corrected chi connectivity index (χ0v) is 16.6. The molecule has 0 aliphatic carbocycles. The number of carbonyl (C=O) groups is 1. The van der Waals surface area contributed by atoms with Crippen LogP contribution in [0.5, 0.6) is 0 Å². The number of benzene rings is 4. The van der Waals surface area contributed by atoms with E-state index in [1.54, 1.807) is 0 Å². The molecule has 142 valence electrons. The fraction of sp³-hybridized carbons (Fsp3) is 0.0741. The number of aryl methyl sites for hydroxylation is 2. The van der Waals surface area contributed by atoms with Gasteiger partial charge < -0.3 is 5.73 Å². The van der Waals surface area contributed by atoms with Gasteiger partial charge in [-0.2, -0.15) is 0 Å². The Hall–Kier alpha value is -3.65. The van der Waals surface area contributed by atoms with Gasteiger partial charge in [-0.1, -0.05) is 78.9 Å². The summed E-state index contributed by atoms with van der Waals surface area (Å²) in [4.78, 5) is 13.0. The molecule has 0 amide bonds. The predicted molar refractivity (Wildman–Crippen MR) is 121 cm³/mol. The zero-order valence-electron chi connectivity index (χ0n) is 16.6. The summed E-state index contributed by atoms with van der Waals surface area (Å²) < 4.78 is 0. The highest BCUT2D eigenvalue weighted by Gasteiger charge is 2.14. The van der Waals surface area contributed by atoms with E-state index in [2.05, 4.69) is 38.1 Å². The fourth-order valence-corrected chi connectivity index (χ4v) is 3.69. The summed E-state index contributed by atoms with van der Waals surface area (Å²) in [6, 6.07) is 29.8. The molecule has 0 radical (unpaired) electrons. The van der Waals surface area contributed by atoms with Crippen LogP contribution in [0.2, 0.25) is 0 Å². The highest BCUT2D eigenvalue weighted by Crippen LogP contribution is 2.29. The SMILES string of the molecule is Cc1ccccc1-c1ccc(C(=O)c2ccc(-c3ccccc3C)cc2N)cc1. The van der Waals surface area contributed by atoms with Crippen LogP contribution < -0.4 is 5.73 Å². The third kappa shape index (κ3) is 3.70. The molecule has 29 heavy (non-hydrogen) atoms. The van der Waals surface area contributed by atoms with Crippen LogP contribution in [0.3, 0.4) is 0 Å². The van der Waals surface area contributed by atoms with E-state index in [-0.39, 0.29) is 5.78 Å². The molecule has 0 aromatic heterocycles. The molecular formula is C27H23NO. The van der Waals surface area contributed by atoms with E-state index in [9.17, 15) is 4.79 Å². The van der Waals surface area contributed by atoms with Gasteiger partial charge in [0.1, 0.15) is 0 Å². The molecule has 2 nitrogen and oxygen atoms in total. The van der Waals surface area contributed by atoms with Crippen LogP contribution in [0.1, 0.15) is 27.0 Å². The third-order valence-electron chi connectivity index (χ3n) is 5.36. The minimum atomic E-state index is -0.0600. The highest BCUT2D eigenvalue weighted by molar-refractivity contribution is 6.12. The third-order valence-corrected chi connectivity index (χ3v) is 5.36. The highest BCUT2D eigenvalue weighted by atomic mass is 16.1. The minimum absolute atomic E-state index is 0.0600. The lowest BCUT2D eigenvalue weighted by atomic mass is 9.94. The molecule has 4 aromatic carbocycles. The summed E-state index contributed by atoms with van der Waals surface area (Å²) in [7, 11) is 0. The number of nitrogen functional groups attached to an aromatic ring is 1. The lowest BCUT2D eigenvalue weighted by molar-refractivity contribution is 0.103. The van der Waals surface area contributed by atoms with Crippen LogP contribution >= 0.6 is 0 Å². The van der Waals surface area contributed by atoms with E-state index in [0.29, 0.717) is 16.8 Å². The summed E-state index contributed by atoms with van der Waals surface area (Å²) in [6.07, 6.45) is 0. The van der Waals surface area contributed by atoms with Gasteiger partial charge >= 0.3 is 0 Å². The van der Waals surface area contributed by atoms with Gasteiger partial charge in [0.2, 0.25) is 0 Å². The number of carbonyl (C=O) groups excluding carboxylic acids is 1. The molecule has 4 aromatic rings. The van der Waals surface area contributed by atoms with Gasteiger partial charge in [-0.05, 0) is 59.4 Å². The lowest BCUT2D eigenvalue weighted by Crippen LogP contribution is -2.05. The van der Waals surface area contributed by atoms with Crippen molar-refractivity contribution >= 4 is 11.5 Å². The summed E-state index contributed by atoms with van der Waals surface area (Å²) in [6.45, 7) is 4.16. The second-order valence-electron chi connectivity index (χ2n) is 7.34. The summed E-state index contributed by atoms with van der Waals surface area (Å²) in [5, 5.41) is 0. The molecule has 0 spiro atoms. The van der Waals surface area contributed by atoms with E-state index in [1.807, 2.05) is 66.7 Å². The first-order valence-corrected chi connectivity index (χ1v) is 9.71. The number of nitrogens with two attached hydrogens (primary N) is 1. The molecular weight excluding hydrogens is 354 g/mol. The Morgan fingerprint density at radius 3 is 1.72 bits per heavy atom. The van der Waals surface area contributed by atoms with E-state index in [0.717, 1.165) is 16.7 Å². The fourth-order valence-electron chi connectivity index (χ4n) is 3.69. The van der Waals surface area contributed by atoms with E-state index >= 15 is 0 Å². The molecule has 0 unspecified atom stereocenters.